The first-order chi connectivity index (χ1) is 9.24. The van der Waals surface area contributed by atoms with E-state index in [0.29, 0.717) is 19.0 Å². The predicted molar refractivity (Wildman–Crippen MR) is 66.6 cm³/mol. The second-order valence-corrected chi connectivity index (χ2v) is 5.30. The normalized spacial score (nSPS) is 27.7. The second-order valence-electron chi connectivity index (χ2n) is 5.30. The van der Waals surface area contributed by atoms with Crippen LogP contribution in [0.15, 0.2) is 4.52 Å². The summed E-state index contributed by atoms with van der Waals surface area (Å²) in [6.45, 7) is 3.98. The van der Waals surface area contributed by atoms with Crippen LogP contribution in [-0.4, -0.2) is 46.7 Å². The zero-order chi connectivity index (χ0) is 13.2. The smallest absolute Gasteiger partial charge is 0.251 e. The average Bonchev–Trinajstić information content (AvgIpc) is 3.09. The van der Waals surface area contributed by atoms with Gasteiger partial charge in [-0.05, 0) is 25.7 Å². The van der Waals surface area contributed by atoms with Gasteiger partial charge >= 0.3 is 0 Å². The molecule has 0 radical (unpaired) electrons. The number of aryl methyl sites for hydroxylation is 1. The largest absolute Gasteiger partial charge is 0.368 e. The van der Waals surface area contributed by atoms with Crippen molar-refractivity contribution in [3.05, 3.63) is 11.7 Å². The maximum Gasteiger partial charge on any atom is 0.251 e. The van der Waals surface area contributed by atoms with Gasteiger partial charge in [0.25, 0.3) is 5.91 Å². The number of rotatable bonds is 2. The molecule has 6 heteroatoms. The minimum atomic E-state index is -0.231. The molecule has 2 saturated heterocycles. The van der Waals surface area contributed by atoms with E-state index < -0.39 is 0 Å². The molecule has 2 fully saturated rings. The van der Waals surface area contributed by atoms with Gasteiger partial charge in [0.05, 0.1) is 0 Å². The number of piperidine rings is 1. The summed E-state index contributed by atoms with van der Waals surface area (Å²) in [5, 5.41) is 3.98. The average molecular weight is 265 g/mol. The van der Waals surface area contributed by atoms with Gasteiger partial charge in [-0.3, -0.25) is 4.79 Å². The molecule has 1 aromatic heterocycles. The van der Waals surface area contributed by atoms with E-state index in [2.05, 4.69) is 10.1 Å². The first-order valence-corrected chi connectivity index (χ1v) is 6.94. The van der Waals surface area contributed by atoms with Gasteiger partial charge in [-0.2, -0.15) is 4.98 Å². The maximum atomic E-state index is 12.3. The third kappa shape index (κ3) is 2.63. The van der Waals surface area contributed by atoms with E-state index in [0.717, 1.165) is 38.1 Å². The Hall–Kier alpha value is -1.43. The Morgan fingerprint density at radius 1 is 1.37 bits per heavy atom. The highest BCUT2D eigenvalue weighted by Crippen LogP contribution is 2.26. The minimum absolute atomic E-state index is 0.127. The maximum absolute atomic E-state index is 12.3. The van der Waals surface area contributed by atoms with Gasteiger partial charge in [0.15, 0.2) is 5.82 Å². The van der Waals surface area contributed by atoms with Gasteiger partial charge in [0.2, 0.25) is 5.89 Å². The number of likely N-dealkylation sites (tertiary alicyclic amines) is 1. The van der Waals surface area contributed by atoms with Crippen LogP contribution in [0.1, 0.15) is 43.3 Å². The fourth-order valence-electron chi connectivity index (χ4n) is 2.84. The van der Waals surface area contributed by atoms with Crippen LogP contribution < -0.4 is 0 Å². The van der Waals surface area contributed by atoms with Crippen LogP contribution in [0.25, 0.3) is 0 Å². The molecule has 2 aliphatic heterocycles. The molecule has 0 saturated carbocycles. The van der Waals surface area contributed by atoms with Crippen LogP contribution in [-0.2, 0) is 9.53 Å². The van der Waals surface area contributed by atoms with E-state index in [1.807, 2.05) is 4.90 Å². The molecule has 0 aromatic carbocycles. The van der Waals surface area contributed by atoms with Crippen LogP contribution >= 0.6 is 0 Å². The number of carbonyl (C=O) groups is 1. The van der Waals surface area contributed by atoms with Gasteiger partial charge in [-0.1, -0.05) is 5.16 Å². The van der Waals surface area contributed by atoms with Crippen LogP contribution in [0.3, 0.4) is 0 Å². The highest BCUT2D eigenvalue weighted by molar-refractivity contribution is 5.81. The first kappa shape index (κ1) is 12.6. The van der Waals surface area contributed by atoms with E-state index >= 15 is 0 Å². The summed E-state index contributed by atoms with van der Waals surface area (Å²) in [6.07, 6.45) is 3.59. The van der Waals surface area contributed by atoms with Crippen molar-refractivity contribution >= 4 is 5.91 Å². The van der Waals surface area contributed by atoms with Crippen LogP contribution in [0.5, 0.6) is 0 Å². The van der Waals surface area contributed by atoms with Crippen LogP contribution in [0, 0.1) is 6.92 Å². The lowest BCUT2D eigenvalue weighted by molar-refractivity contribution is -0.142. The molecule has 6 nitrogen and oxygen atoms in total. The SMILES string of the molecule is Cc1nc([C@@H]2CCCN(C(=O)[C@H]3CCCO3)C2)no1. The van der Waals surface area contributed by atoms with Crippen LogP contribution in [0.2, 0.25) is 0 Å². The number of carbonyl (C=O) groups excluding carboxylic acids is 1. The molecule has 0 N–H and O–H groups in total. The lowest BCUT2D eigenvalue weighted by Crippen LogP contribution is -2.44. The predicted octanol–water partition coefficient (Wildman–Crippen LogP) is 1.26. The molecular weight excluding hydrogens is 246 g/mol. The molecule has 2 atom stereocenters. The molecule has 2 aliphatic rings. The van der Waals surface area contributed by atoms with Gasteiger partial charge in [-0.25, -0.2) is 0 Å². The van der Waals surface area contributed by atoms with Crippen molar-refractivity contribution in [3.8, 4) is 0 Å². The molecule has 0 bridgehead atoms. The molecule has 3 rings (SSSR count). The van der Waals surface area contributed by atoms with Gasteiger partial charge in [0.1, 0.15) is 6.10 Å². The Balaban J connectivity index is 1.65. The summed E-state index contributed by atoms with van der Waals surface area (Å²) < 4.78 is 10.5. The Morgan fingerprint density at radius 2 is 2.26 bits per heavy atom. The zero-order valence-electron chi connectivity index (χ0n) is 11.2. The zero-order valence-corrected chi connectivity index (χ0v) is 11.2. The quantitative estimate of drug-likeness (QED) is 0.805. The van der Waals surface area contributed by atoms with Crippen molar-refractivity contribution in [2.24, 2.45) is 0 Å². The molecule has 1 amide bonds. The van der Waals surface area contributed by atoms with Crippen molar-refractivity contribution in [2.75, 3.05) is 19.7 Å². The number of amides is 1. The Kier molecular flexibility index (Phi) is 3.50. The highest BCUT2D eigenvalue weighted by Gasteiger charge is 2.33. The van der Waals surface area contributed by atoms with Gasteiger partial charge < -0.3 is 14.2 Å². The Morgan fingerprint density at radius 3 is 2.95 bits per heavy atom. The third-order valence-corrected chi connectivity index (χ3v) is 3.85. The Labute approximate surface area is 112 Å². The van der Waals surface area contributed by atoms with Crippen molar-refractivity contribution in [1.29, 1.82) is 0 Å². The van der Waals surface area contributed by atoms with Crippen molar-refractivity contribution in [1.82, 2.24) is 15.0 Å². The van der Waals surface area contributed by atoms with Gasteiger partial charge in [-0.15, -0.1) is 0 Å². The van der Waals surface area contributed by atoms with Gasteiger partial charge in [0, 0.05) is 32.5 Å². The lowest BCUT2D eigenvalue weighted by Gasteiger charge is -2.32. The molecular formula is C13H19N3O3. The second kappa shape index (κ2) is 5.28. The van der Waals surface area contributed by atoms with Crippen molar-refractivity contribution in [3.63, 3.8) is 0 Å². The van der Waals surface area contributed by atoms with E-state index in [1.165, 1.54) is 0 Å². The Bertz CT molecular complexity index is 454. The fourth-order valence-corrected chi connectivity index (χ4v) is 2.84. The van der Waals surface area contributed by atoms with Crippen molar-refractivity contribution < 1.29 is 14.1 Å². The van der Waals surface area contributed by atoms with Crippen LogP contribution in [0.4, 0.5) is 0 Å². The monoisotopic (exact) mass is 265 g/mol. The van der Waals surface area contributed by atoms with E-state index in [9.17, 15) is 4.79 Å². The van der Waals surface area contributed by atoms with E-state index in [-0.39, 0.29) is 17.9 Å². The number of hydrogen-bond donors (Lipinski definition) is 0. The lowest BCUT2D eigenvalue weighted by atomic mass is 9.97. The number of aromatic nitrogens is 2. The molecule has 0 spiro atoms. The topological polar surface area (TPSA) is 68.5 Å². The molecule has 104 valence electrons. The first-order valence-electron chi connectivity index (χ1n) is 6.94. The third-order valence-electron chi connectivity index (χ3n) is 3.85. The summed E-state index contributed by atoms with van der Waals surface area (Å²) >= 11 is 0. The summed E-state index contributed by atoms with van der Waals surface area (Å²) in [5.74, 6) is 1.62. The molecule has 0 aliphatic carbocycles. The van der Waals surface area contributed by atoms with Crippen molar-refractivity contribution in [2.45, 2.75) is 44.6 Å². The standard InChI is InChI=1S/C13H19N3O3/c1-9-14-12(15-19-9)10-4-2-6-16(8-10)13(17)11-5-3-7-18-11/h10-11H,2-8H2,1H3/t10-,11-/m1/s1. The molecule has 0 unspecified atom stereocenters. The summed E-state index contributed by atoms with van der Waals surface area (Å²) in [7, 11) is 0. The number of nitrogens with zero attached hydrogens (tertiary/aromatic N) is 3. The molecule has 3 heterocycles. The molecule has 1 aromatic rings. The summed E-state index contributed by atoms with van der Waals surface area (Å²) in [5.41, 5.74) is 0. The summed E-state index contributed by atoms with van der Waals surface area (Å²) in [4.78, 5) is 18.5. The molecule has 19 heavy (non-hydrogen) atoms. The van der Waals surface area contributed by atoms with E-state index in [4.69, 9.17) is 9.26 Å². The highest BCUT2D eigenvalue weighted by atomic mass is 16.5. The summed E-state index contributed by atoms with van der Waals surface area (Å²) in [6, 6.07) is 0. The van der Waals surface area contributed by atoms with E-state index in [1.54, 1.807) is 6.92 Å². The fraction of sp³-hybridized carbons (Fsp3) is 0.769. The number of ether oxygens (including phenoxy) is 1. The minimum Gasteiger partial charge on any atom is -0.368 e. The number of hydrogen-bond acceptors (Lipinski definition) is 5.